The summed E-state index contributed by atoms with van der Waals surface area (Å²) in [5, 5.41) is 11.5. The lowest BCUT2D eigenvalue weighted by atomic mass is 9.43. The maximum atomic E-state index is 12.4. The number of fused-ring (bicyclic) bond motifs is 5. The van der Waals surface area contributed by atoms with Crippen molar-refractivity contribution in [2.45, 2.75) is 90.6 Å². The molecule has 0 saturated heterocycles. The number of hydrogen-bond donors (Lipinski definition) is 1. The zero-order chi connectivity index (χ0) is 21.1. The number of ketones is 1. The quantitative estimate of drug-likeness (QED) is 0.646. The maximum Gasteiger partial charge on any atom is 0.133 e. The van der Waals surface area contributed by atoms with Crippen molar-refractivity contribution in [1.29, 1.82) is 0 Å². The Morgan fingerprint density at radius 1 is 0.933 bits per heavy atom. The fourth-order valence-corrected chi connectivity index (χ4v) is 9.13. The highest BCUT2D eigenvalue weighted by molar-refractivity contribution is 5.79. The first-order chi connectivity index (χ1) is 14.3. The molecule has 164 valence electrons. The zero-order valence-electron chi connectivity index (χ0n) is 19.2. The summed E-state index contributed by atoms with van der Waals surface area (Å²) in [4.78, 5) is 12.4. The van der Waals surface area contributed by atoms with Gasteiger partial charge in [-0.2, -0.15) is 0 Å². The molecule has 2 nitrogen and oxygen atoms in total. The van der Waals surface area contributed by atoms with Crippen LogP contribution in [0.25, 0.3) is 0 Å². The second-order valence-corrected chi connectivity index (χ2v) is 12.0. The highest BCUT2D eigenvalue weighted by Crippen LogP contribution is 2.68. The van der Waals surface area contributed by atoms with Gasteiger partial charge in [-0.25, -0.2) is 0 Å². The molecule has 1 N–H and O–H groups in total. The second kappa shape index (κ2) is 7.19. The molecule has 0 spiro atoms. The molecule has 1 unspecified atom stereocenters. The first kappa shape index (κ1) is 20.7. The van der Waals surface area contributed by atoms with Gasteiger partial charge in [-0.3, -0.25) is 4.79 Å². The third-order valence-corrected chi connectivity index (χ3v) is 10.7. The van der Waals surface area contributed by atoms with Crippen molar-refractivity contribution >= 4 is 5.78 Å². The lowest BCUT2D eigenvalue weighted by Gasteiger charge is -2.62. The van der Waals surface area contributed by atoms with Crippen molar-refractivity contribution in [2.24, 2.45) is 40.4 Å². The third kappa shape index (κ3) is 3.12. The van der Waals surface area contributed by atoms with Crippen LogP contribution in [0.5, 0.6) is 0 Å². The SMILES string of the molecule is CC(=O)[C@H]1CC[C@H]2[C@@H]3CCC4C[C@@](O)(Cc5ccccc5)CC[C@]4(C)[C@H]3CC[C@]12C. The van der Waals surface area contributed by atoms with Crippen LogP contribution in [0.4, 0.5) is 0 Å². The first-order valence-corrected chi connectivity index (χ1v) is 12.5. The molecule has 0 amide bonds. The van der Waals surface area contributed by atoms with Crippen LogP contribution in [0, 0.1) is 40.4 Å². The van der Waals surface area contributed by atoms with E-state index in [1.165, 1.54) is 44.1 Å². The van der Waals surface area contributed by atoms with E-state index in [9.17, 15) is 9.90 Å². The predicted molar refractivity (Wildman–Crippen MR) is 121 cm³/mol. The molecule has 30 heavy (non-hydrogen) atoms. The Balaban J connectivity index is 1.35. The van der Waals surface area contributed by atoms with Crippen molar-refractivity contribution in [1.82, 2.24) is 0 Å². The van der Waals surface area contributed by atoms with Gasteiger partial charge >= 0.3 is 0 Å². The minimum atomic E-state index is -0.533. The molecular weight excluding hydrogens is 368 g/mol. The lowest BCUT2D eigenvalue weighted by molar-refractivity contribution is -0.153. The van der Waals surface area contributed by atoms with Gasteiger partial charge in [-0.05, 0) is 105 Å². The van der Waals surface area contributed by atoms with E-state index < -0.39 is 5.60 Å². The summed E-state index contributed by atoms with van der Waals surface area (Å²) < 4.78 is 0. The highest BCUT2D eigenvalue weighted by atomic mass is 16.3. The van der Waals surface area contributed by atoms with Crippen LogP contribution in [0.1, 0.15) is 84.1 Å². The number of rotatable bonds is 3. The van der Waals surface area contributed by atoms with Gasteiger partial charge in [0.25, 0.3) is 0 Å². The molecule has 0 bridgehead atoms. The summed E-state index contributed by atoms with van der Waals surface area (Å²) in [6.45, 7) is 6.84. The van der Waals surface area contributed by atoms with Crippen LogP contribution in [0.15, 0.2) is 30.3 Å². The average molecular weight is 409 g/mol. The molecule has 4 aliphatic rings. The number of aliphatic hydroxyl groups is 1. The van der Waals surface area contributed by atoms with Crippen LogP contribution >= 0.6 is 0 Å². The smallest absolute Gasteiger partial charge is 0.133 e. The van der Waals surface area contributed by atoms with Gasteiger partial charge in [0.05, 0.1) is 5.60 Å². The first-order valence-electron chi connectivity index (χ1n) is 12.5. The Bertz CT molecular complexity index is 802. The topological polar surface area (TPSA) is 37.3 Å². The molecule has 0 aromatic heterocycles. The van der Waals surface area contributed by atoms with E-state index in [4.69, 9.17) is 0 Å². The van der Waals surface area contributed by atoms with Gasteiger partial charge in [-0.1, -0.05) is 44.2 Å². The highest BCUT2D eigenvalue weighted by Gasteiger charge is 2.61. The van der Waals surface area contributed by atoms with Crippen LogP contribution in [-0.2, 0) is 11.2 Å². The fraction of sp³-hybridized carbons (Fsp3) is 0.750. The molecule has 1 aromatic rings. The van der Waals surface area contributed by atoms with E-state index in [2.05, 4.69) is 44.2 Å². The van der Waals surface area contributed by atoms with Crippen molar-refractivity contribution in [3.8, 4) is 0 Å². The Morgan fingerprint density at radius 2 is 1.67 bits per heavy atom. The van der Waals surface area contributed by atoms with Gasteiger partial charge < -0.3 is 5.11 Å². The van der Waals surface area contributed by atoms with Gasteiger partial charge in [-0.15, -0.1) is 0 Å². The molecule has 0 radical (unpaired) electrons. The normalized spacial score (nSPS) is 47.8. The molecular formula is C28H40O2. The van der Waals surface area contributed by atoms with Gasteiger partial charge in [0.15, 0.2) is 0 Å². The molecule has 4 saturated carbocycles. The summed E-state index contributed by atoms with van der Waals surface area (Å²) >= 11 is 0. The summed E-state index contributed by atoms with van der Waals surface area (Å²) in [6, 6.07) is 10.6. The summed E-state index contributed by atoms with van der Waals surface area (Å²) in [6.07, 6.45) is 11.4. The minimum Gasteiger partial charge on any atom is -0.390 e. The molecule has 2 heteroatoms. The number of benzene rings is 1. The number of Topliss-reactive ketones (excluding diaryl/α,β-unsaturated/α-hetero) is 1. The van der Waals surface area contributed by atoms with Crippen LogP contribution < -0.4 is 0 Å². The largest absolute Gasteiger partial charge is 0.390 e. The monoisotopic (exact) mass is 408 g/mol. The van der Waals surface area contributed by atoms with Gasteiger partial charge in [0, 0.05) is 12.3 Å². The fourth-order valence-electron chi connectivity index (χ4n) is 9.13. The summed E-state index contributed by atoms with van der Waals surface area (Å²) in [5.74, 6) is 3.72. The van der Waals surface area contributed by atoms with E-state index in [1.54, 1.807) is 0 Å². The molecule has 5 rings (SSSR count). The van der Waals surface area contributed by atoms with Gasteiger partial charge in [0.1, 0.15) is 5.78 Å². The summed E-state index contributed by atoms with van der Waals surface area (Å²) in [7, 11) is 0. The number of carbonyl (C=O) groups is 1. The Labute approximate surface area is 182 Å². The third-order valence-electron chi connectivity index (χ3n) is 10.7. The van der Waals surface area contributed by atoms with Crippen LogP contribution in [0.3, 0.4) is 0 Å². The van der Waals surface area contributed by atoms with E-state index in [0.717, 1.165) is 43.4 Å². The Hall–Kier alpha value is -1.15. The van der Waals surface area contributed by atoms with Crippen molar-refractivity contribution in [2.75, 3.05) is 0 Å². The van der Waals surface area contributed by atoms with Gasteiger partial charge in [0.2, 0.25) is 0 Å². The van der Waals surface area contributed by atoms with Crippen LogP contribution in [0.2, 0.25) is 0 Å². The number of carbonyl (C=O) groups excluding carboxylic acids is 1. The molecule has 8 atom stereocenters. The Kier molecular flexibility index (Phi) is 4.97. The van der Waals surface area contributed by atoms with E-state index in [-0.39, 0.29) is 5.41 Å². The maximum absolute atomic E-state index is 12.4. The average Bonchev–Trinajstić information content (AvgIpc) is 3.07. The molecule has 4 aliphatic carbocycles. The van der Waals surface area contributed by atoms with Crippen molar-refractivity contribution in [3.05, 3.63) is 35.9 Å². The van der Waals surface area contributed by atoms with E-state index in [0.29, 0.717) is 23.0 Å². The standard InChI is InChI=1S/C28H40O2/c1-19(29)23-11-12-24-22-10-9-21-18-28(30,17-20-7-5-4-6-8-20)16-15-26(21,2)25(22)13-14-27(23,24)3/h4-8,21-25,30H,9-18H2,1-3H3/t21?,22-,23+,24-,25-,26-,27+,28-/m0/s1. The van der Waals surface area contributed by atoms with Crippen molar-refractivity contribution < 1.29 is 9.90 Å². The van der Waals surface area contributed by atoms with E-state index in [1.807, 2.05) is 6.92 Å². The molecule has 0 heterocycles. The number of hydrogen-bond acceptors (Lipinski definition) is 2. The van der Waals surface area contributed by atoms with E-state index >= 15 is 0 Å². The Morgan fingerprint density at radius 3 is 2.40 bits per heavy atom. The minimum absolute atomic E-state index is 0.249. The van der Waals surface area contributed by atoms with Crippen molar-refractivity contribution in [3.63, 3.8) is 0 Å². The second-order valence-electron chi connectivity index (χ2n) is 12.0. The molecule has 0 aliphatic heterocycles. The zero-order valence-corrected chi connectivity index (χ0v) is 19.2. The summed E-state index contributed by atoms with van der Waals surface area (Å²) in [5.41, 5.74) is 1.36. The lowest BCUT2D eigenvalue weighted by Crippen LogP contribution is -2.56. The predicted octanol–water partition coefficient (Wildman–Crippen LogP) is 6.21. The molecule has 1 aromatic carbocycles. The van der Waals surface area contributed by atoms with Crippen LogP contribution in [-0.4, -0.2) is 16.5 Å². The molecule has 4 fully saturated rings.